The van der Waals surface area contributed by atoms with Gasteiger partial charge in [-0.2, -0.15) is 0 Å². The molecule has 33 heavy (non-hydrogen) atoms. The molecule has 0 atom stereocenters. The number of hydrogen-bond acceptors (Lipinski definition) is 3. The molecule has 4 aromatic carbocycles. The fraction of sp³-hybridized carbons (Fsp3) is 0.179. The van der Waals surface area contributed by atoms with Crippen LogP contribution in [0, 0.1) is 13.8 Å². The van der Waals surface area contributed by atoms with Crippen molar-refractivity contribution in [1.29, 1.82) is 0 Å². The smallest absolute Gasteiger partial charge is 0.323 e. The predicted molar refractivity (Wildman–Crippen MR) is 135 cm³/mol. The van der Waals surface area contributed by atoms with Crippen LogP contribution in [0.1, 0.15) is 36.5 Å². The fourth-order valence-corrected chi connectivity index (χ4v) is 3.98. The number of nitrogens with one attached hydrogen (secondary N) is 2. The van der Waals surface area contributed by atoms with Crippen molar-refractivity contribution in [3.8, 4) is 17.2 Å². The Balaban J connectivity index is 1.51. The number of fused-ring (bicyclic) bond motifs is 1. The number of aryl methyl sites for hydroxylation is 2. The first-order chi connectivity index (χ1) is 15.8. The van der Waals surface area contributed by atoms with Crippen LogP contribution < -0.4 is 15.4 Å². The summed E-state index contributed by atoms with van der Waals surface area (Å²) < 4.78 is 6.15. The van der Waals surface area contributed by atoms with Crippen LogP contribution in [0.4, 0.5) is 16.2 Å². The maximum absolute atomic E-state index is 12.7. The lowest BCUT2D eigenvalue weighted by atomic mass is 10.0. The van der Waals surface area contributed by atoms with E-state index in [0.29, 0.717) is 11.4 Å². The van der Waals surface area contributed by atoms with Crippen LogP contribution in [0.15, 0.2) is 72.8 Å². The summed E-state index contributed by atoms with van der Waals surface area (Å²) in [6.45, 7) is 7.94. The van der Waals surface area contributed by atoms with E-state index in [1.807, 2.05) is 88.4 Å². The Morgan fingerprint density at radius 1 is 0.879 bits per heavy atom. The van der Waals surface area contributed by atoms with Gasteiger partial charge in [-0.05, 0) is 72.7 Å². The second kappa shape index (κ2) is 9.25. The number of carbonyl (C=O) groups is 1. The van der Waals surface area contributed by atoms with E-state index in [1.54, 1.807) is 12.1 Å². The van der Waals surface area contributed by atoms with Crippen molar-refractivity contribution < 1.29 is 14.6 Å². The molecular formula is C28H28N2O3. The van der Waals surface area contributed by atoms with Gasteiger partial charge in [-0.25, -0.2) is 4.79 Å². The minimum atomic E-state index is -0.307. The molecular weight excluding hydrogens is 412 g/mol. The van der Waals surface area contributed by atoms with Crippen LogP contribution in [0.25, 0.3) is 10.8 Å². The van der Waals surface area contributed by atoms with Crippen LogP contribution in [0.3, 0.4) is 0 Å². The molecule has 0 unspecified atom stereocenters. The third kappa shape index (κ3) is 4.93. The molecule has 0 radical (unpaired) electrons. The first kappa shape index (κ1) is 22.2. The molecule has 0 spiro atoms. The normalized spacial score (nSPS) is 10.9. The maximum atomic E-state index is 12.7. The number of ether oxygens (including phenoxy) is 1. The number of hydrogen-bond donors (Lipinski definition) is 3. The van der Waals surface area contributed by atoms with E-state index in [1.165, 1.54) is 0 Å². The maximum Gasteiger partial charge on any atom is 0.323 e. The number of amides is 2. The highest BCUT2D eigenvalue weighted by molar-refractivity contribution is 6.06. The van der Waals surface area contributed by atoms with Crippen molar-refractivity contribution in [2.24, 2.45) is 0 Å². The Hall–Kier alpha value is -3.99. The van der Waals surface area contributed by atoms with Crippen molar-refractivity contribution in [3.63, 3.8) is 0 Å². The summed E-state index contributed by atoms with van der Waals surface area (Å²) in [7, 11) is 0. The number of anilines is 2. The number of carbonyl (C=O) groups excluding carboxylic acids is 1. The van der Waals surface area contributed by atoms with E-state index in [0.717, 1.165) is 38.9 Å². The second-order valence-electron chi connectivity index (χ2n) is 8.52. The van der Waals surface area contributed by atoms with E-state index >= 15 is 0 Å². The zero-order chi connectivity index (χ0) is 23.5. The molecule has 0 aliphatic heterocycles. The summed E-state index contributed by atoms with van der Waals surface area (Å²) in [5, 5.41) is 18.0. The number of urea groups is 1. The van der Waals surface area contributed by atoms with Gasteiger partial charge in [0.15, 0.2) is 0 Å². The van der Waals surface area contributed by atoms with Crippen molar-refractivity contribution in [2.75, 3.05) is 10.6 Å². The van der Waals surface area contributed by atoms with Crippen LogP contribution in [-0.4, -0.2) is 11.1 Å². The third-order valence-corrected chi connectivity index (χ3v) is 5.60. The van der Waals surface area contributed by atoms with Gasteiger partial charge in [0.1, 0.15) is 17.2 Å². The molecule has 5 nitrogen and oxygen atoms in total. The Morgan fingerprint density at radius 2 is 1.58 bits per heavy atom. The van der Waals surface area contributed by atoms with E-state index in [2.05, 4.69) is 10.6 Å². The van der Waals surface area contributed by atoms with Gasteiger partial charge >= 0.3 is 6.03 Å². The standard InChI is InChI=1S/C28H28N2O3/c1-17(2)24-16-22(12-13-26(24)31)33-27-18(3)14-21(15-19(27)4)29-28(32)30-25-11-7-9-20-8-5-6-10-23(20)25/h5-17,31H,1-4H3,(H2,29,30,32). The summed E-state index contributed by atoms with van der Waals surface area (Å²) in [4.78, 5) is 12.7. The van der Waals surface area contributed by atoms with Crippen molar-refractivity contribution in [1.82, 2.24) is 0 Å². The Bertz CT molecular complexity index is 1300. The Kier molecular flexibility index (Phi) is 6.22. The number of phenolic OH excluding ortho intramolecular Hbond substituents is 1. The van der Waals surface area contributed by atoms with Crippen molar-refractivity contribution in [3.05, 3.63) is 89.5 Å². The van der Waals surface area contributed by atoms with Gasteiger partial charge in [0.05, 0.1) is 5.69 Å². The summed E-state index contributed by atoms with van der Waals surface area (Å²) in [5.74, 6) is 1.85. The quantitative estimate of drug-likeness (QED) is 0.297. The molecule has 0 aliphatic carbocycles. The largest absolute Gasteiger partial charge is 0.508 e. The number of aromatic hydroxyl groups is 1. The van der Waals surface area contributed by atoms with Crippen LogP contribution in [0.5, 0.6) is 17.2 Å². The van der Waals surface area contributed by atoms with Gasteiger partial charge in [0.2, 0.25) is 0 Å². The summed E-state index contributed by atoms with van der Waals surface area (Å²) in [6, 6.07) is 22.5. The highest BCUT2D eigenvalue weighted by atomic mass is 16.5. The summed E-state index contributed by atoms with van der Waals surface area (Å²) in [5.41, 5.74) is 4.08. The molecule has 0 aromatic heterocycles. The van der Waals surface area contributed by atoms with Crippen LogP contribution in [-0.2, 0) is 0 Å². The highest BCUT2D eigenvalue weighted by Crippen LogP contribution is 2.35. The fourth-order valence-electron chi connectivity index (χ4n) is 3.98. The second-order valence-corrected chi connectivity index (χ2v) is 8.52. The molecule has 0 saturated carbocycles. The van der Waals surface area contributed by atoms with E-state index in [4.69, 9.17) is 4.74 Å². The Morgan fingerprint density at radius 3 is 2.30 bits per heavy atom. The molecule has 168 valence electrons. The lowest BCUT2D eigenvalue weighted by Crippen LogP contribution is -2.19. The van der Waals surface area contributed by atoms with Gasteiger partial charge in [0.25, 0.3) is 0 Å². The molecule has 0 saturated heterocycles. The first-order valence-electron chi connectivity index (χ1n) is 11.0. The average Bonchev–Trinajstić information content (AvgIpc) is 2.77. The molecule has 5 heteroatoms. The molecule has 4 aromatic rings. The molecule has 0 aliphatic rings. The van der Waals surface area contributed by atoms with Gasteiger partial charge < -0.3 is 20.5 Å². The van der Waals surface area contributed by atoms with E-state index in [-0.39, 0.29) is 17.7 Å². The Labute approximate surface area is 194 Å². The molecule has 0 heterocycles. The first-order valence-corrected chi connectivity index (χ1v) is 11.0. The number of rotatable bonds is 5. The molecule has 0 bridgehead atoms. The van der Waals surface area contributed by atoms with Gasteiger partial charge in [-0.1, -0.05) is 50.2 Å². The number of benzene rings is 4. The van der Waals surface area contributed by atoms with E-state index < -0.39 is 0 Å². The van der Waals surface area contributed by atoms with Crippen LogP contribution in [0.2, 0.25) is 0 Å². The summed E-state index contributed by atoms with van der Waals surface area (Å²) >= 11 is 0. The molecule has 2 amide bonds. The minimum absolute atomic E-state index is 0.183. The van der Waals surface area contributed by atoms with E-state index in [9.17, 15) is 9.90 Å². The molecule has 3 N–H and O–H groups in total. The lowest BCUT2D eigenvalue weighted by molar-refractivity contribution is 0.262. The third-order valence-electron chi connectivity index (χ3n) is 5.60. The number of phenols is 1. The SMILES string of the molecule is Cc1cc(NC(=O)Nc2cccc3ccccc23)cc(C)c1Oc1ccc(O)c(C(C)C)c1. The zero-order valence-electron chi connectivity index (χ0n) is 19.3. The van der Waals surface area contributed by atoms with Crippen LogP contribution >= 0.6 is 0 Å². The predicted octanol–water partition coefficient (Wildman–Crippen LogP) is 7.72. The zero-order valence-corrected chi connectivity index (χ0v) is 19.3. The van der Waals surface area contributed by atoms with Crippen molar-refractivity contribution >= 4 is 28.2 Å². The lowest BCUT2D eigenvalue weighted by Gasteiger charge is -2.16. The monoisotopic (exact) mass is 440 g/mol. The van der Waals surface area contributed by atoms with Gasteiger partial charge in [-0.15, -0.1) is 0 Å². The van der Waals surface area contributed by atoms with Gasteiger partial charge in [-0.3, -0.25) is 0 Å². The summed E-state index contributed by atoms with van der Waals surface area (Å²) in [6.07, 6.45) is 0. The molecule has 4 rings (SSSR count). The molecule has 0 fully saturated rings. The minimum Gasteiger partial charge on any atom is -0.508 e. The topological polar surface area (TPSA) is 70.6 Å². The average molecular weight is 441 g/mol. The van der Waals surface area contributed by atoms with Gasteiger partial charge in [0, 0.05) is 16.6 Å². The van der Waals surface area contributed by atoms with Crippen molar-refractivity contribution in [2.45, 2.75) is 33.6 Å². The highest BCUT2D eigenvalue weighted by Gasteiger charge is 2.13.